The average Bonchev–Trinajstić information content (AvgIpc) is 2.95. The van der Waals surface area contributed by atoms with Gasteiger partial charge in [-0.15, -0.1) is 10.2 Å². The highest BCUT2D eigenvalue weighted by molar-refractivity contribution is 5.90. The molecule has 0 N–H and O–H groups in total. The third kappa shape index (κ3) is 2.00. The van der Waals surface area contributed by atoms with Gasteiger partial charge in [0.25, 0.3) is 0 Å². The van der Waals surface area contributed by atoms with Crippen LogP contribution in [0.2, 0.25) is 0 Å². The largest absolute Gasteiger partial charge is 0.374 e. The number of benzene rings is 2. The molecule has 0 amide bonds. The van der Waals surface area contributed by atoms with Gasteiger partial charge in [0.1, 0.15) is 12.4 Å². The van der Waals surface area contributed by atoms with Crippen molar-refractivity contribution in [1.82, 2.24) is 14.8 Å². The fraction of sp³-hybridized carbons (Fsp3) is 0.200. The molecule has 0 aliphatic rings. The maximum Gasteiger partial charge on any atom is 0.166 e. The van der Waals surface area contributed by atoms with Crippen LogP contribution in [0.25, 0.3) is 16.5 Å². The van der Waals surface area contributed by atoms with Gasteiger partial charge in [-0.25, -0.2) is 0 Å². The second-order valence-electron chi connectivity index (χ2n) is 4.44. The Hall–Kier alpha value is -2.20. The van der Waals surface area contributed by atoms with Crippen molar-refractivity contribution in [2.75, 3.05) is 7.11 Å². The molecule has 4 heteroatoms. The molecule has 19 heavy (non-hydrogen) atoms. The fourth-order valence-electron chi connectivity index (χ4n) is 2.23. The molecule has 0 radical (unpaired) electrons. The van der Waals surface area contributed by atoms with Gasteiger partial charge in [-0.1, -0.05) is 36.4 Å². The Morgan fingerprint density at radius 1 is 1.11 bits per heavy atom. The Balaban J connectivity index is 2.23. The Bertz CT molecular complexity index is 700. The lowest BCUT2D eigenvalue weighted by atomic mass is 10.1. The molecule has 0 bridgehead atoms. The number of methoxy groups -OCH3 is 1. The van der Waals surface area contributed by atoms with E-state index in [-0.39, 0.29) is 6.10 Å². The topological polar surface area (TPSA) is 39.9 Å². The molecule has 1 atom stereocenters. The Morgan fingerprint density at radius 3 is 2.74 bits per heavy atom. The minimum Gasteiger partial charge on any atom is -0.374 e. The first-order valence-electron chi connectivity index (χ1n) is 6.22. The zero-order valence-corrected chi connectivity index (χ0v) is 10.9. The zero-order chi connectivity index (χ0) is 13.2. The lowest BCUT2D eigenvalue weighted by Crippen LogP contribution is -2.06. The molecule has 0 aliphatic heterocycles. The minimum absolute atomic E-state index is 0.0959. The number of hydrogen-bond acceptors (Lipinski definition) is 3. The molecular formula is C15H15N3O. The van der Waals surface area contributed by atoms with Crippen LogP contribution in [0.4, 0.5) is 0 Å². The molecular weight excluding hydrogens is 238 g/mol. The second kappa shape index (κ2) is 4.82. The van der Waals surface area contributed by atoms with Crippen LogP contribution in [-0.2, 0) is 4.74 Å². The van der Waals surface area contributed by atoms with Crippen molar-refractivity contribution in [3.05, 3.63) is 54.6 Å². The molecule has 0 aliphatic carbocycles. The maximum absolute atomic E-state index is 5.35. The van der Waals surface area contributed by atoms with Crippen LogP contribution >= 0.6 is 0 Å². The molecule has 0 spiro atoms. The van der Waals surface area contributed by atoms with Gasteiger partial charge in [0.2, 0.25) is 0 Å². The van der Waals surface area contributed by atoms with Crippen molar-refractivity contribution in [2.45, 2.75) is 13.0 Å². The number of nitrogens with zero attached hydrogens (tertiary/aromatic N) is 3. The zero-order valence-electron chi connectivity index (χ0n) is 10.9. The molecule has 3 aromatic rings. The summed E-state index contributed by atoms with van der Waals surface area (Å²) in [4.78, 5) is 0. The smallest absolute Gasteiger partial charge is 0.166 e. The molecule has 0 saturated heterocycles. The van der Waals surface area contributed by atoms with E-state index in [0.29, 0.717) is 0 Å². The van der Waals surface area contributed by atoms with Gasteiger partial charge in [-0.05, 0) is 18.4 Å². The van der Waals surface area contributed by atoms with Gasteiger partial charge in [-0.3, -0.25) is 4.57 Å². The Labute approximate surface area is 111 Å². The molecule has 0 fully saturated rings. The van der Waals surface area contributed by atoms with Crippen LogP contribution in [-0.4, -0.2) is 21.9 Å². The molecule has 0 saturated carbocycles. The van der Waals surface area contributed by atoms with Crippen molar-refractivity contribution in [1.29, 1.82) is 0 Å². The van der Waals surface area contributed by atoms with Crippen LogP contribution in [0, 0.1) is 0 Å². The van der Waals surface area contributed by atoms with Crippen molar-refractivity contribution in [2.24, 2.45) is 0 Å². The monoisotopic (exact) mass is 253 g/mol. The number of aromatic nitrogens is 3. The summed E-state index contributed by atoms with van der Waals surface area (Å²) in [6, 6.07) is 14.5. The summed E-state index contributed by atoms with van der Waals surface area (Å²) in [7, 11) is 1.67. The van der Waals surface area contributed by atoms with Gasteiger partial charge in [0.05, 0.1) is 5.69 Å². The first-order valence-corrected chi connectivity index (χ1v) is 6.22. The van der Waals surface area contributed by atoms with Gasteiger partial charge in [0, 0.05) is 12.5 Å². The van der Waals surface area contributed by atoms with Crippen LogP contribution in [0.5, 0.6) is 0 Å². The molecule has 1 unspecified atom stereocenters. The van der Waals surface area contributed by atoms with E-state index in [1.807, 2.05) is 29.7 Å². The molecule has 2 aromatic carbocycles. The van der Waals surface area contributed by atoms with Gasteiger partial charge in [-0.2, -0.15) is 0 Å². The number of ether oxygens (including phenoxy) is 1. The summed E-state index contributed by atoms with van der Waals surface area (Å²) in [6.45, 7) is 1.96. The van der Waals surface area contributed by atoms with Gasteiger partial charge in [0.15, 0.2) is 5.82 Å². The third-order valence-electron chi connectivity index (χ3n) is 3.32. The normalized spacial score (nSPS) is 12.7. The summed E-state index contributed by atoms with van der Waals surface area (Å²) in [5.74, 6) is 0.804. The second-order valence-corrected chi connectivity index (χ2v) is 4.44. The first-order chi connectivity index (χ1) is 9.31. The van der Waals surface area contributed by atoms with E-state index < -0.39 is 0 Å². The average molecular weight is 253 g/mol. The summed E-state index contributed by atoms with van der Waals surface area (Å²) >= 11 is 0. The molecule has 1 heterocycles. The van der Waals surface area contributed by atoms with E-state index in [9.17, 15) is 0 Å². The summed E-state index contributed by atoms with van der Waals surface area (Å²) in [5, 5.41) is 10.5. The summed E-state index contributed by atoms with van der Waals surface area (Å²) < 4.78 is 7.33. The highest BCUT2D eigenvalue weighted by Crippen LogP contribution is 2.25. The molecule has 4 nitrogen and oxygen atoms in total. The predicted molar refractivity (Wildman–Crippen MR) is 74.3 cm³/mol. The van der Waals surface area contributed by atoms with Gasteiger partial charge < -0.3 is 4.74 Å². The van der Waals surface area contributed by atoms with Crippen LogP contribution in [0.1, 0.15) is 18.9 Å². The fourth-order valence-corrected chi connectivity index (χ4v) is 2.23. The highest BCUT2D eigenvalue weighted by Gasteiger charge is 2.14. The Morgan fingerprint density at radius 2 is 1.89 bits per heavy atom. The van der Waals surface area contributed by atoms with E-state index in [2.05, 4.69) is 34.5 Å². The number of rotatable bonds is 3. The quantitative estimate of drug-likeness (QED) is 0.720. The van der Waals surface area contributed by atoms with Crippen LogP contribution < -0.4 is 0 Å². The van der Waals surface area contributed by atoms with Crippen molar-refractivity contribution >= 4 is 10.8 Å². The van der Waals surface area contributed by atoms with E-state index in [4.69, 9.17) is 4.74 Å². The van der Waals surface area contributed by atoms with Crippen molar-refractivity contribution in [3.8, 4) is 5.69 Å². The van der Waals surface area contributed by atoms with E-state index in [1.165, 1.54) is 10.8 Å². The number of fused-ring (bicyclic) bond motifs is 1. The number of hydrogen-bond donors (Lipinski definition) is 0. The molecule has 96 valence electrons. The van der Waals surface area contributed by atoms with Crippen LogP contribution in [0.3, 0.4) is 0 Å². The van der Waals surface area contributed by atoms with Crippen molar-refractivity contribution in [3.63, 3.8) is 0 Å². The van der Waals surface area contributed by atoms with Crippen molar-refractivity contribution < 1.29 is 4.74 Å². The van der Waals surface area contributed by atoms with Crippen LogP contribution in [0.15, 0.2) is 48.8 Å². The standard InChI is InChI=1S/C15H15N3O/c1-11(19-2)15-17-16-10-18(15)14-9-5-7-12-6-3-4-8-13(12)14/h3-11H,1-2H3. The molecule has 1 aromatic heterocycles. The lowest BCUT2D eigenvalue weighted by Gasteiger charge is -2.13. The summed E-state index contributed by atoms with van der Waals surface area (Å²) in [6.07, 6.45) is 1.63. The minimum atomic E-state index is -0.0959. The van der Waals surface area contributed by atoms with E-state index in [0.717, 1.165) is 11.5 Å². The lowest BCUT2D eigenvalue weighted by molar-refractivity contribution is 0.110. The van der Waals surface area contributed by atoms with E-state index >= 15 is 0 Å². The van der Waals surface area contributed by atoms with E-state index in [1.54, 1.807) is 13.4 Å². The predicted octanol–water partition coefficient (Wildman–Crippen LogP) is 3.13. The third-order valence-corrected chi connectivity index (χ3v) is 3.32. The highest BCUT2D eigenvalue weighted by atomic mass is 16.5. The first kappa shape index (κ1) is 11.9. The molecule has 3 rings (SSSR count). The Kier molecular flexibility index (Phi) is 3.01. The SMILES string of the molecule is COC(C)c1nncn1-c1cccc2ccccc12. The summed E-state index contributed by atoms with van der Waals surface area (Å²) in [5.41, 5.74) is 1.07. The maximum atomic E-state index is 5.35. The van der Waals surface area contributed by atoms with Gasteiger partial charge >= 0.3 is 0 Å².